The number of piperidine rings is 1. The third-order valence-electron chi connectivity index (χ3n) is 3.80. The molecule has 2 rings (SSSR count). The monoisotopic (exact) mass is 311 g/mol. The van der Waals surface area contributed by atoms with Gasteiger partial charge in [0.1, 0.15) is 0 Å². The number of hydrogen-bond donors (Lipinski definition) is 0. The zero-order valence-electron chi connectivity index (χ0n) is 13.5. The summed E-state index contributed by atoms with van der Waals surface area (Å²) in [6, 6.07) is 0. The van der Waals surface area contributed by atoms with E-state index in [1.807, 2.05) is 32.6 Å². The Morgan fingerprint density at radius 1 is 1.33 bits per heavy atom. The molecule has 1 aliphatic heterocycles. The minimum absolute atomic E-state index is 0.162. The van der Waals surface area contributed by atoms with Crippen LogP contribution in [0.5, 0.6) is 0 Å². The molecule has 1 aromatic heterocycles. The first kappa shape index (κ1) is 16.3. The van der Waals surface area contributed by atoms with Crippen molar-refractivity contribution in [2.24, 2.45) is 5.92 Å². The second kappa shape index (κ2) is 6.34. The van der Waals surface area contributed by atoms with Crippen LogP contribution in [0.15, 0.2) is 5.16 Å². The third kappa shape index (κ3) is 3.96. The maximum Gasteiger partial charge on any atom is 0.235 e. The van der Waals surface area contributed by atoms with Gasteiger partial charge in [-0.05, 0) is 56.9 Å². The van der Waals surface area contributed by atoms with Gasteiger partial charge < -0.3 is 4.90 Å². The molecule has 0 bridgehead atoms. The number of hydrogen-bond acceptors (Lipinski definition) is 5. The summed E-state index contributed by atoms with van der Waals surface area (Å²) in [4.78, 5) is 14.5. The van der Waals surface area contributed by atoms with Gasteiger partial charge in [0.25, 0.3) is 0 Å². The van der Waals surface area contributed by atoms with Crippen LogP contribution in [-0.2, 0) is 10.3 Å². The Bertz CT molecular complexity index is 488. The lowest BCUT2D eigenvalue weighted by molar-refractivity contribution is -0.131. The van der Waals surface area contributed by atoms with Crippen molar-refractivity contribution in [3.8, 4) is 0 Å². The van der Waals surface area contributed by atoms with E-state index in [4.69, 9.17) is 0 Å². The molecule has 0 N–H and O–H groups in total. The number of thioether (sulfide) groups is 1. The number of aromatic nitrogens is 4. The Balaban J connectivity index is 2.00. The van der Waals surface area contributed by atoms with E-state index in [9.17, 15) is 4.79 Å². The van der Waals surface area contributed by atoms with Gasteiger partial charge in [0.05, 0.1) is 10.8 Å². The lowest BCUT2D eigenvalue weighted by Gasteiger charge is -2.32. The molecule has 0 aromatic carbocycles. The summed E-state index contributed by atoms with van der Waals surface area (Å²) >= 11 is 1.44. The highest BCUT2D eigenvalue weighted by Crippen LogP contribution is 2.27. The fourth-order valence-electron chi connectivity index (χ4n) is 2.37. The molecule has 0 aliphatic carbocycles. The Hall–Kier alpha value is -1.11. The summed E-state index contributed by atoms with van der Waals surface area (Å²) in [5.74, 6) is 0.917. The summed E-state index contributed by atoms with van der Waals surface area (Å²) in [5, 5.41) is 12.4. The topological polar surface area (TPSA) is 63.9 Å². The van der Waals surface area contributed by atoms with Gasteiger partial charge in [0, 0.05) is 13.1 Å². The zero-order chi connectivity index (χ0) is 15.6. The molecule has 118 valence electrons. The Labute approximate surface area is 130 Å². The summed E-state index contributed by atoms with van der Waals surface area (Å²) in [6.07, 6.45) is 2.20. The van der Waals surface area contributed by atoms with Crippen LogP contribution in [0.1, 0.15) is 47.5 Å². The van der Waals surface area contributed by atoms with Crippen LogP contribution in [0.3, 0.4) is 0 Å². The van der Waals surface area contributed by atoms with Crippen LogP contribution in [0.25, 0.3) is 0 Å². The number of likely N-dealkylation sites (tertiary alicyclic amines) is 1. The Kier molecular flexibility index (Phi) is 4.91. The molecule has 0 spiro atoms. The fraction of sp³-hybridized carbons (Fsp3) is 0.857. The molecule has 1 fully saturated rings. The maximum absolute atomic E-state index is 12.5. The standard InChI is InChI=1S/C14H25N5OS/c1-10-6-8-18(9-7-10)12(20)11(2)21-13-15-16-17-19(13)14(3,4)5/h10-11H,6-9H2,1-5H3. The molecular weight excluding hydrogens is 286 g/mol. The molecule has 1 atom stereocenters. The highest BCUT2D eigenvalue weighted by Gasteiger charge is 2.28. The second-order valence-corrected chi connectivity index (χ2v) is 8.12. The SMILES string of the molecule is CC1CCN(C(=O)C(C)Sc2nnnn2C(C)(C)C)CC1. The Morgan fingerprint density at radius 3 is 2.52 bits per heavy atom. The van der Waals surface area contributed by atoms with Gasteiger partial charge in [-0.3, -0.25) is 4.79 Å². The van der Waals surface area contributed by atoms with Crippen LogP contribution in [-0.4, -0.2) is 49.4 Å². The molecule has 6 nitrogen and oxygen atoms in total. The Morgan fingerprint density at radius 2 is 1.95 bits per heavy atom. The normalized spacial score (nSPS) is 18.8. The van der Waals surface area contributed by atoms with Gasteiger partial charge in [-0.2, -0.15) is 0 Å². The molecule has 21 heavy (non-hydrogen) atoms. The van der Waals surface area contributed by atoms with Crippen molar-refractivity contribution in [2.45, 2.75) is 63.4 Å². The number of tetrazole rings is 1. The van der Waals surface area contributed by atoms with Crippen molar-refractivity contribution in [3.05, 3.63) is 0 Å². The van der Waals surface area contributed by atoms with E-state index in [1.54, 1.807) is 4.68 Å². The number of nitrogens with zero attached hydrogens (tertiary/aromatic N) is 5. The molecule has 1 unspecified atom stereocenters. The molecule has 1 saturated heterocycles. The highest BCUT2D eigenvalue weighted by atomic mass is 32.2. The largest absolute Gasteiger partial charge is 0.342 e. The van der Waals surface area contributed by atoms with Gasteiger partial charge in [-0.1, -0.05) is 18.7 Å². The third-order valence-corrected chi connectivity index (χ3v) is 4.82. The van der Waals surface area contributed by atoms with E-state index < -0.39 is 0 Å². The number of amides is 1. The van der Waals surface area contributed by atoms with Crippen molar-refractivity contribution in [2.75, 3.05) is 13.1 Å². The molecule has 1 aromatic rings. The highest BCUT2D eigenvalue weighted by molar-refractivity contribution is 8.00. The van der Waals surface area contributed by atoms with Crippen LogP contribution in [0, 0.1) is 5.92 Å². The van der Waals surface area contributed by atoms with Crippen molar-refractivity contribution >= 4 is 17.7 Å². The predicted octanol–water partition coefficient (Wildman–Crippen LogP) is 2.17. The first-order chi connectivity index (χ1) is 9.79. The zero-order valence-corrected chi connectivity index (χ0v) is 14.4. The van der Waals surface area contributed by atoms with E-state index in [0.717, 1.165) is 31.8 Å². The van der Waals surface area contributed by atoms with Crippen LogP contribution < -0.4 is 0 Å². The summed E-state index contributed by atoms with van der Waals surface area (Å²) in [5.41, 5.74) is -0.185. The molecule has 7 heteroatoms. The molecular formula is C14H25N5OS. The molecule has 1 aliphatic rings. The van der Waals surface area contributed by atoms with E-state index in [2.05, 4.69) is 22.4 Å². The first-order valence-electron chi connectivity index (χ1n) is 7.53. The van der Waals surface area contributed by atoms with Crippen LogP contribution in [0.2, 0.25) is 0 Å². The fourth-order valence-corrected chi connectivity index (χ4v) is 3.43. The summed E-state index contributed by atoms with van der Waals surface area (Å²) in [7, 11) is 0. The van der Waals surface area contributed by atoms with Crippen molar-refractivity contribution in [1.29, 1.82) is 0 Å². The molecule has 0 saturated carbocycles. The minimum Gasteiger partial charge on any atom is -0.342 e. The molecule has 2 heterocycles. The first-order valence-corrected chi connectivity index (χ1v) is 8.41. The lowest BCUT2D eigenvalue weighted by atomic mass is 9.99. The van der Waals surface area contributed by atoms with Gasteiger partial charge in [-0.15, -0.1) is 5.10 Å². The summed E-state index contributed by atoms with van der Waals surface area (Å²) < 4.78 is 1.78. The average Bonchev–Trinajstić information content (AvgIpc) is 2.87. The van der Waals surface area contributed by atoms with Crippen molar-refractivity contribution in [3.63, 3.8) is 0 Å². The van der Waals surface area contributed by atoms with Crippen LogP contribution in [0.4, 0.5) is 0 Å². The van der Waals surface area contributed by atoms with Crippen molar-refractivity contribution in [1.82, 2.24) is 25.1 Å². The van der Waals surface area contributed by atoms with Crippen molar-refractivity contribution < 1.29 is 4.79 Å². The van der Waals surface area contributed by atoms with Gasteiger partial charge in [-0.25, -0.2) is 4.68 Å². The maximum atomic E-state index is 12.5. The van der Waals surface area contributed by atoms with E-state index in [0.29, 0.717) is 5.16 Å². The second-order valence-electron chi connectivity index (χ2n) is 6.81. The smallest absolute Gasteiger partial charge is 0.235 e. The minimum atomic E-state index is -0.185. The van der Waals surface area contributed by atoms with Gasteiger partial charge in [0.15, 0.2) is 0 Å². The number of rotatable bonds is 3. The summed E-state index contributed by atoms with van der Waals surface area (Å²) in [6.45, 7) is 12.1. The van der Waals surface area contributed by atoms with E-state index >= 15 is 0 Å². The predicted molar refractivity (Wildman–Crippen MR) is 83.1 cm³/mol. The van der Waals surface area contributed by atoms with Gasteiger partial charge >= 0.3 is 0 Å². The quantitative estimate of drug-likeness (QED) is 0.801. The van der Waals surface area contributed by atoms with Crippen LogP contribution >= 0.6 is 11.8 Å². The molecule has 0 radical (unpaired) electrons. The van der Waals surface area contributed by atoms with E-state index in [-0.39, 0.29) is 16.7 Å². The van der Waals surface area contributed by atoms with E-state index in [1.165, 1.54) is 11.8 Å². The van der Waals surface area contributed by atoms with Gasteiger partial charge in [0.2, 0.25) is 11.1 Å². The average molecular weight is 311 g/mol. The number of carbonyl (C=O) groups excluding carboxylic acids is 1. The number of carbonyl (C=O) groups is 1. The lowest BCUT2D eigenvalue weighted by Crippen LogP contribution is -2.41. The molecule has 1 amide bonds.